The summed E-state index contributed by atoms with van der Waals surface area (Å²) in [4.78, 5) is 26.2. The predicted molar refractivity (Wildman–Crippen MR) is 90.1 cm³/mol. The van der Waals surface area contributed by atoms with Gasteiger partial charge in [-0.15, -0.1) is 0 Å². The van der Waals surface area contributed by atoms with Crippen LogP contribution in [0.1, 0.15) is 23.2 Å². The van der Waals surface area contributed by atoms with Crippen LogP contribution in [0.2, 0.25) is 0 Å². The number of rotatable bonds is 3. The summed E-state index contributed by atoms with van der Waals surface area (Å²) in [5.74, 6) is -1.03. The van der Waals surface area contributed by atoms with Crippen molar-refractivity contribution in [2.75, 3.05) is 18.4 Å². The molecule has 24 heavy (non-hydrogen) atoms. The molecule has 1 aliphatic rings. The Morgan fingerprint density at radius 1 is 1.25 bits per heavy atom. The number of piperidine rings is 1. The zero-order valence-corrected chi connectivity index (χ0v) is 14.4. The first-order valence-electron chi connectivity index (χ1n) is 7.62. The van der Waals surface area contributed by atoms with Crippen molar-refractivity contribution in [1.82, 2.24) is 4.90 Å². The first-order chi connectivity index (χ1) is 11.5. The Morgan fingerprint density at radius 3 is 2.62 bits per heavy atom. The summed E-state index contributed by atoms with van der Waals surface area (Å²) in [5.41, 5.74) is 0.676. The van der Waals surface area contributed by atoms with Crippen molar-refractivity contribution in [1.29, 1.82) is 0 Å². The van der Waals surface area contributed by atoms with Gasteiger partial charge in [-0.2, -0.15) is 0 Å². The lowest BCUT2D eigenvalue weighted by Crippen LogP contribution is -2.41. The van der Waals surface area contributed by atoms with Crippen molar-refractivity contribution in [3.63, 3.8) is 0 Å². The molecule has 1 fully saturated rings. The summed E-state index contributed by atoms with van der Waals surface area (Å²) in [7, 11) is 0. The molecule has 2 aromatic rings. The van der Waals surface area contributed by atoms with E-state index in [0.717, 1.165) is 0 Å². The number of nitrogens with zero attached hydrogens (tertiary/aromatic N) is 1. The summed E-state index contributed by atoms with van der Waals surface area (Å²) in [6.07, 6.45) is 3.97. The van der Waals surface area contributed by atoms with Gasteiger partial charge in [0, 0.05) is 23.5 Å². The lowest BCUT2D eigenvalue weighted by molar-refractivity contribution is -0.121. The molecule has 0 atom stereocenters. The summed E-state index contributed by atoms with van der Waals surface area (Å²) in [5, 5.41) is 2.63. The van der Waals surface area contributed by atoms with Crippen LogP contribution >= 0.6 is 15.9 Å². The highest BCUT2D eigenvalue weighted by Gasteiger charge is 2.28. The van der Waals surface area contributed by atoms with Crippen molar-refractivity contribution in [2.24, 2.45) is 5.92 Å². The van der Waals surface area contributed by atoms with E-state index in [9.17, 15) is 14.0 Å². The maximum atomic E-state index is 13.8. The van der Waals surface area contributed by atoms with E-state index < -0.39 is 5.82 Å². The second-order valence-corrected chi connectivity index (χ2v) is 6.61. The molecule has 2 heterocycles. The second-order valence-electron chi connectivity index (χ2n) is 5.69. The summed E-state index contributed by atoms with van der Waals surface area (Å²) < 4.78 is 19.3. The molecule has 0 aliphatic carbocycles. The van der Waals surface area contributed by atoms with Crippen LogP contribution in [-0.4, -0.2) is 29.8 Å². The van der Waals surface area contributed by atoms with Crippen LogP contribution in [0.25, 0.3) is 0 Å². The Morgan fingerprint density at radius 2 is 2.00 bits per heavy atom. The molecular formula is C17H16BrFN2O3. The lowest BCUT2D eigenvalue weighted by Gasteiger charge is -2.31. The highest BCUT2D eigenvalue weighted by atomic mass is 79.9. The topological polar surface area (TPSA) is 62.6 Å². The monoisotopic (exact) mass is 394 g/mol. The van der Waals surface area contributed by atoms with Gasteiger partial charge in [0.1, 0.15) is 12.1 Å². The van der Waals surface area contributed by atoms with E-state index in [1.165, 1.54) is 24.7 Å². The third kappa shape index (κ3) is 3.67. The molecule has 126 valence electrons. The molecule has 0 bridgehead atoms. The van der Waals surface area contributed by atoms with E-state index in [-0.39, 0.29) is 23.4 Å². The Balaban J connectivity index is 1.56. The average Bonchev–Trinajstić information content (AvgIpc) is 3.11. The van der Waals surface area contributed by atoms with Crippen LogP contribution in [0.4, 0.5) is 10.1 Å². The molecule has 2 amide bonds. The first-order valence-corrected chi connectivity index (χ1v) is 8.41. The van der Waals surface area contributed by atoms with Gasteiger partial charge in [0.2, 0.25) is 5.91 Å². The number of furan rings is 1. The van der Waals surface area contributed by atoms with Gasteiger partial charge in [-0.05, 0) is 37.1 Å². The van der Waals surface area contributed by atoms with Crippen LogP contribution in [-0.2, 0) is 4.79 Å². The molecule has 0 unspecified atom stereocenters. The zero-order chi connectivity index (χ0) is 17.1. The number of likely N-dealkylation sites (tertiary alicyclic amines) is 1. The van der Waals surface area contributed by atoms with E-state index in [2.05, 4.69) is 21.2 Å². The molecule has 1 N–H and O–H groups in total. The fraction of sp³-hybridized carbons (Fsp3) is 0.294. The van der Waals surface area contributed by atoms with Gasteiger partial charge in [0.15, 0.2) is 0 Å². The van der Waals surface area contributed by atoms with Crippen LogP contribution in [0, 0.1) is 11.7 Å². The normalized spacial score (nSPS) is 15.3. The van der Waals surface area contributed by atoms with Gasteiger partial charge in [-0.1, -0.05) is 15.9 Å². The van der Waals surface area contributed by atoms with Crippen molar-refractivity contribution in [3.05, 3.63) is 52.6 Å². The van der Waals surface area contributed by atoms with E-state index in [4.69, 9.17) is 4.42 Å². The van der Waals surface area contributed by atoms with Crippen LogP contribution in [0.5, 0.6) is 0 Å². The zero-order valence-electron chi connectivity index (χ0n) is 12.8. The van der Waals surface area contributed by atoms with Gasteiger partial charge in [0.25, 0.3) is 5.91 Å². The molecule has 0 saturated carbocycles. The number of hydrogen-bond acceptors (Lipinski definition) is 3. The highest BCUT2D eigenvalue weighted by molar-refractivity contribution is 9.10. The molecule has 0 spiro atoms. The predicted octanol–water partition coefficient (Wildman–Crippen LogP) is 3.67. The number of carbonyl (C=O) groups is 2. The maximum Gasteiger partial charge on any atom is 0.257 e. The quantitative estimate of drug-likeness (QED) is 0.863. The molecule has 0 radical (unpaired) electrons. The maximum absolute atomic E-state index is 13.8. The minimum absolute atomic E-state index is 0.0958. The molecule has 3 rings (SSSR count). The van der Waals surface area contributed by atoms with E-state index >= 15 is 0 Å². The SMILES string of the molecule is O=C(Nc1ccc(Br)cc1F)C1CCN(C(=O)c2ccoc2)CC1. The number of benzene rings is 1. The largest absolute Gasteiger partial charge is 0.472 e. The second kappa shape index (κ2) is 7.17. The Kier molecular flexibility index (Phi) is 4.99. The standard InChI is InChI=1S/C17H16BrFN2O3/c18-13-1-2-15(14(19)9-13)20-16(22)11-3-6-21(7-4-11)17(23)12-5-8-24-10-12/h1-2,5,8-11H,3-4,6-7H2,(H,20,22). The molecular weight excluding hydrogens is 379 g/mol. The van der Waals surface area contributed by atoms with Gasteiger partial charge in [0.05, 0.1) is 17.5 Å². The third-order valence-corrected chi connectivity index (χ3v) is 4.60. The Bertz CT molecular complexity index is 740. The fourth-order valence-electron chi connectivity index (χ4n) is 2.74. The summed E-state index contributed by atoms with van der Waals surface area (Å²) >= 11 is 3.18. The van der Waals surface area contributed by atoms with Crippen molar-refractivity contribution in [2.45, 2.75) is 12.8 Å². The minimum atomic E-state index is -0.481. The van der Waals surface area contributed by atoms with Crippen molar-refractivity contribution in [3.8, 4) is 0 Å². The number of carbonyl (C=O) groups excluding carboxylic acids is 2. The van der Waals surface area contributed by atoms with E-state index in [1.54, 1.807) is 17.0 Å². The number of halogens is 2. The Labute approximate surface area is 146 Å². The minimum Gasteiger partial charge on any atom is -0.472 e. The molecule has 1 aliphatic heterocycles. The number of nitrogens with one attached hydrogen (secondary N) is 1. The van der Waals surface area contributed by atoms with Gasteiger partial charge < -0.3 is 14.6 Å². The molecule has 1 aromatic heterocycles. The number of anilines is 1. The first kappa shape index (κ1) is 16.7. The summed E-state index contributed by atoms with van der Waals surface area (Å²) in [6.45, 7) is 0.982. The van der Waals surface area contributed by atoms with E-state index in [0.29, 0.717) is 36.0 Å². The van der Waals surface area contributed by atoms with Crippen molar-refractivity contribution >= 4 is 33.4 Å². The third-order valence-electron chi connectivity index (χ3n) is 4.11. The lowest BCUT2D eigenvalue weighted by atomic mass is 9.95. The fourth-order valence-corrected chi connectivity index (χ4v) is 3.07. The van der Waals surface area contributed by atoms with E-state index in [1.807, 2.05) is 0 Å². The highest BCUT2D eigenvalue weighted by Crippen LogP contribution is 2.23. The molecule has 7 heteroatoms. The van der Waals surface area contributed by atoms with Gasteiger partial charge in [-0.3, -0.25) is 9.59 Å². The number of amides is 2. The van der Waals surface area contributed by atoms with Gasteiger partial charge >= 0.3 is 0 Å². The van der Waals surface area contributed by atoms with Crippen LogP contribution < -0.4 is 5.32 Å². The average molecular weight is 395 g/mol. The molecule has 1 saturated heterocycles. The van der Waals surface area contributed by atoms with Crippen LogP contribution in [0.15, 0.2) is 45.7 Å². The smallest absolute Gasteiger partial charge is 0.257 e. The Hall–Kier alpha value is -2.15. The number of hydrogen-bond donors (Lipinski definition) is 1. The van der Waals surface area contributed by atoms with Crippen LogP contribution in [0.3, 0.4) is 0 Å². The molecule has 1 aromatic carbocycles. The molecule has 5 nitrogen and oxygen atoms in total. The van der Waals surface area contributed by atoms with Crippen molar-refractivity contribution < 1.29 is 18.4 Å². The summed E-state index contributed by atoms with van der Waals surface area (Å²) in [6, 6.07) is 6.12. The van der Waals surface area contributed by atoms with Gasteiger partial charge in [-0.25, -0.2) is 4.39 Å².